The van der Waals surface area contributed by atoms with E-state index in [1.54, 1.807) is 42.7 Å². The van der Waals surface area contributed by atoms with Gasteiger partial charge in [0.15, 0.2) is 0 Å². The van der Waals surface area contributed by atoms with Crippen molar-refractivity contribution in [3.63, 3.8) is 0 Å². The van der Waals surface area contributed by atoms with Gasteiger partial charge in [0.25, 0.3) is 0 Å². The number of methoxy groups -OCH3 is 1. The average Bonchev–Trinajstić information content (AvgIpc) is 3.02. The van der Waals surface area contributed by atoms with Crippen molar-refractivity contribution in [2.45, 2.75) is 0 Å². The van der Waals surface area contributed by atoms with Crippen molar-refractivity contribution in [3.05, 3.63) is 55.2 Å². The van der Waals surface area contributed by atoms with Gasteiger partial charge in [0.1, 0.15) is 24.2 Å². The maximum absolute atomic E-state index is 5.66. The number of nitrogens with zero attached hydrogens (tertiary/aromatic N) is 4. The zero-order valence-electron chi connectivity index (χ0n) is 10.8. The molecule has 0 fully saturated rings. The van der Waals surface area contributed by atoms with Crippen molar-refractivity contribution in [1.29, 1.82) is 0 Å². The molecule has 0 aliphatic rings. The summed E-state index contributed by atoms with van der Waals surface area (Å²) in [6, 6.07) is 11.0. The first-order valence-electron chi connectivity index (χ1n) is 5.98. The summed E-state index contributed by atoms with van der Waals surface area (Å²) >= 11 is 0. The maximum Gasteiger partial charge on any atom is 0.219 e. The van der Waals surface area contributed by atoms with Gasteiger partial charge in [-0.2, -0.15) is 0 Å². The minimum atomic E-state index is 0.509. The SMILES string of the molecule is COc1cccc(Oc2ccc(-n3cnnc3)cn2)c1. The molecule has 6 heteroatoms. The summed E-state index contributed by atoms with van der Waals surface area (Å²) in [6.45, 7) is 0. The van der Waals surface area contributed by atoms with E-state index in [1.165, 1.54) is 0 Å². The Labute approximate surface area is 115 Å². The highest BCUT2D eigenvalue weighted by molar-refractivity contribution is 5.36. The third-order valence-electron chi connectivity index (χ3n) is 2.70. The van der Waals surface area contributed by atoms with Crippen LogP contribution >= 0.6 is 0 Å². The van der Waals surface area contributed by atoms with E-state index in [2.05, 4.69) is 15.2 Å². The maximum atomic E-state index is 5.66. The minimum absolute atomic E-state index is 0.509. The second kappa shape index (κ2) is 5.40. The molecular formula is C14H12N4O2. The van der Waals surface area contributed by atoms with Gasteiger partial charge in [-0.15, -0.1) is 10.2 Å². The van der Waals surface area contributed by atoms with Gasteiger partial charge in [-0.3, -0.25) is 4.57 Å². The number of aromatic nitrogens is 4. The van der Waals surface area contributed by atoms with E-state index in [0.717, 1.165) is 11.4 Å². The zero-order valence-corrected chi connectivity index (χ0v) is 10.8. The van der Waals surface area contributed by atoms with Crippen LogP contribution in [0.5, 0.6) is 17.4 Å². The van der Waals surface area contributed by atoms with Crippen LogP contribution in [0.1, 0.15) is 0 Å². The van der Waals surface area contributed by atoms with Gasteiger partial charge >= 0.3 is 0 Å². The van der Waals surface area contributed by atoms with Crippen molar-refractivity contribution in [2.75, 3.05) is 7.11 Å². The highest BCUT2D eigenvalue weighted by atomic mass is 16.5. The summed E-state index contributed by atoms with van der Waals surface area (Å²) in [6.07, 6.45) is 4.91. The standard InChI is InChI=1S/C14H12N4O2/c1-19-12-3-2-4-13(7-12)20-14-6-5-11(8-15-14)18-9-16-17-10-18/h2-10H,1H3. The summed E-state index contributed by atoms with van der Waals surface area (Å²) in [7, 11) is 1.62. The summed E-state index contributed by atoms with van der Waals surface area (Å²) in [5.41, 5.74) is 0.869. The molecule has 0 amide bonds. The van der Waals surface area contributed by atoms with Crippen LogP contribution in [0.25, 0.3) is 5.69 Å². The van der Waals surface area contributed by atoms with Gasteiger partial charge in [-0.25, -0.2) is 4.98 Å². The third-order valence-corrected chi connectivity index (χ3v) is 2.70. The Hall–Kier alpha value is -2.89. The highest BCUT2D eigenvalue weighted by Crippen LogP contribution is 2.24. The second-order valence-electron chi connectivity index (χ2n) is 4.00. The van der Waals surface area contributed by atoms with Crippen LogP contribution in [-0.4, -0.2) is 26.9 Å². The number of pyridine rings is 1. The molecule has 0 bridgehead atoms. The summed E-state index contributed by atoms with van der Waals surface area (Å²) in [5, 5.41) is 7.50. The Morgan fingerprint density at radius 2 is 1.80 bits per heavy atom. The summed E-state index contributed by atoms with van der Waals surface area (Å²) in [4.78, 5) is 4.25. The molecule has 0 radical (unpaired) electrons. The van der Waals surface area contributed by atoms with Gasteiger partial charge in [0.05, 0.1) is 19.0 Å². The lowest BCUT2D eigenvalue weighted by molar-refractivity contribution is 0.407. The van der Waals surface area contributed by atoms with E-state index in [0.29, 0.717) is 11.6 Å². The van der Waals surface area contributed by atoms with Crippen LogP contribution < -0.4 is 9.47 Å². The first-order chi connectivity index (χ1) is 9.85. The monoisotopic (exact) mass is 268 g/mol. The van der Waals surface area contributed by atoms with Crippen LogP contribution in [0.2, 0.25) is 0 Å². The lowest BCUT2D eigenvalue weighted by Gasteiger charge is -2.07. The van der Waals surface area contributed by atoms with Crippen molar-refractivity contribution >= 4 is 0 Å². The Bertz CT molecular complexity index is 681. The molecule has 0 N–H and O–H groups in total. The van der Waals surface area contributed by atoms with E-state index in [4.69, 9.17) is 9.47 Å². The summed E-state index contributed by atoms with van der Waals surface area (Å²) in [5.74, 6) is 1.92. The predicted molar refractivity (Wildman–Crippen MR) is 72.2 cm³/mol. The van der Waals surface area contributed by atoms with Gasteiger partial charge in [-0.1, -0.05) is 6.07 Å². The van der Waals surface area contributed by atoms with Gasteiger partial charge in [-0.05, 0) is 18.2 Å². The van der Waals surface area contributed by atoms with E-state index in [9.17, 15) is 0 Å². The van der Waals surface area contributed by atoms with Gasteiger partial charge < -0.3 is 9.47 Å². The minimum Gasteiger partial charge on any atom is -0.497 e. The lowest BCUT2D eigenvalue weighted by atomic mass is 10.3. The van der Waals surface area contributed by atoms with E-state index in [1.807, 2.05) is 24.3 Å². The molecule has 2 heterocycles. The number of hydrogen-bond donors (Lipinski definition) is 0. The molecule has 0 saturated heterocycles. The fourth-order valence-electron chi connectivity index (χ4n) is 1.71. The number of hydrogen-bond acceptors (Lipinski definition) is 5. The molecule has 0 aliphatic heterocycles. The Kier molecular flexibility index (Phi) is 3.28. The molecule has 3 rings (SSSR count). The quantitative estimate of drug-likeness (QED) is 0.727. The van der Waals surface area contributed by atoms with E-state index in [-0.39, 0.29) is 0 Å². The third kappa shape index (κ3) is 2.59. The molecule has 1 aromatic carbocycles. The first kappa shape index (κ1) is 12.2. The molecular weight excluding hydrogens is 256 g/mol. The number of ether oxygens (including phenoxy) is 2. The van der Waals surface area contributed by atoms with Crippen LogP contribution in [0.3, 0.4) is 0 Å². The molecule has 6 nitrogen and oxygen atoms in total. The van der Waals surface area contributed by atoms with E-state index < -0.39 is 0 Å². The molecule has 100 valence electrons. The van der Waals surface area contributed by atoms with Crippen LogP contribution in [0, 0.1) is 0 Å². The average molecular weight is 268 g/mol. The molecule has 0 spiro atoms. The Morgan fingerprint density at radius 1 is 1.00 bits per heavy atom. The number of benzene rings is 1. The smallest absolute Gasteiger partial charge is 0.219 e. The molecule has 0 aliphatic carbocycles. The van der Waals surface area contributed by atoms with Crippen molar-refractivity contribution in [2.24, 2.45) is 0 Å². The predicted octanol–water partition coefficient (Wildman–Crippen LogP) is 2.46. The van der Waals surface area contributed by atoms with Gasteiger partial charge in [0, 0.05) is 12.1 Å². The van der Waals surface area contributed by atoms with Crippen molar-refractivity contribution < 1.29 is 9.47 Å². The molecule has 0 saturated carbocycles. The fourth-order valence-corrected chi connectivity index (χ4v) is 1.71. The van der Waals surface area contributed by atoms with Crippen molar-refractivity contribution in [3.8, 4) is 23.1 Å². The summed E-state index contributed by atoms with van der Waals surface area (Å²) < 4.78 is 12.6. The normalized spacial score (nSPS) is 10.2. The topological polar surface area (TPSA) is 62.1 Å². The number of rotatable bonds is 4. The van der Waals surface area contributed by atoms with Gasteiger partial charge in [0.2, 0.25) is 5.88 Å². The first-order valence-corrected chi connectivity index (χ1v) is 5.98. The highest BCUT2D eigenvalue weighted by Gasteiger charge is 2.02. The van der Waals surface area contributed by atoms with Crippen LogP contribution in [0.15, 0.2) is 55.2 Å². The molecule has 3 aromatic rings. The lowest BCUT2D eigenvalue weighted by Crippen LogP contribution is -1.93. The largest absolute Gasteiger partial charge is 0.497 e. The Balaban J connectivity index is 1.78. The molecule has 0 unspecified atom stereocenters. The van der Waals surface area contributed by atoms with Crippen LogP contribution in [-0.2, 0) is 0 Å². The molecule has 20 heavy (non-hydrogen) atoms. The van der Waals surface area contributed by atoms with Crippen molar-refractivity contribution in [1.82, 2.24) is 19.7 Å². The fraction of sp³-hybridized carbons (Fsp3) is 0.0714. The molecule has 2 aromatic heterocycles. The Morgan fingerprint density at radius 3 is 2.50 bits per heavy atom. The van der Waals surface area contributed by atoms with E-state index >= 15 is 0 Å². The molecule has 0 atom stereocenters. The van der Waals surface area contributed by atoms with Crippen LogP contribution in [0.4, 0.5) is 0 Å². The second-order valence-corrected chi connectivity index (χ2v) is 4.00. The zero-order chi connectivity index (χ0) is 13.8.